The number of aliphatic hydroxyl groups excluding tert-OH is 3. The SMILES string of the molecule is C[C@H]1C[C@H](O)[C@H](O)[C@@H](O)O1. The zero-order valence-electron chi connectivity index (χ0n) is 5.77. The quantitative estimate of drug-likeness (QED) is 0.405. The van der Waals surface area contributed by atoms with E-state index in [0.29, 0.717) is 6.42 Å². The van der Waals surface area contributed by atoms with Crippen LogP contribution in [-0.2, 0) is 4.74 Å². The highest BCUT2D eigenvalue weighted by molar-refractivity contribution is 4.77. The zero-order chi connectivity index (χ0) is 7.72. The van der Waals surface area contributed by atoms with E-state index in [4.69, 9.17) is 20.1 Å². The predicted molar refractivity (Wildman–Crippen MR) is 33.2 cm³/mol. The van der Waals surface area contributed by atoms with E-state index in [9.17, 15) is 0 Å². The lowest BCUT2D eigenvalue weighted by Gasteiger charge is -2.32. The van der Waals surface area contributed by atoms with Crippen LogP contribution in [0, 0.1) is 0 Å². The Labute approximate surface area is 59.1 Å². The van der Waals surface area contributed by atoms with Gasteiger partial charge in [-0.1, -0.05) is 0 Å². The molecule has 4 heteroatoms. The third kappa shape index (κ3) is 1.46. The maximum Gasteiger partial charge on any atom is 0.183 e. The second kappa shape index (κ2) is 2.84. The third-order valence-corrected chi connectivity index (χ3v) is 1.63. The maximum absolute atomic E-state index is 9.03. The van der Waals surface area contributed by atoms with Crippen LogP contribution in [0.3, 0.4) is 0 Å². The average Bonchev–Trinajstić information content (AvgIpc) is 1.82. The van der Waals surface area contributed by atoms with Crippen LogP contribution >= 0.6 is 0 Å². The van der Waals surface area contributed by atoms with E-state index in [1.807, 2.05) is 0 Å². The Morgan fingerprint density at radius 2 is 1.90 bits per heavy atom. The molecule has 1 rings (SSSR count). The molecule has 0 aromatic carbocycles. The van der Waals surface area contributed by atoms with Crippen molar-refractivity contribution >= 4 is 0 Å². The van der Waals surface area contributed by atoms with Crippen molar-refractivity contribution in [3.05, 3.63) is 0 Å². The molecule has 0 aromatic heterocycles. The second-order valence-electron chi connectivity index (χ2n) is 2.63. The van der Waals surface area contributed by atoms with E-state index in [0.717, 1.165) is 0 Å². The second-order valence-corrected chi connectivity index (χ2v) is 2.63. The van der Waals surface area contributed by atoms with E-state index in [-0.39, 0.29) is 6.10 Å². The van der Waals surface area contributed by atoms with Gasteiger partial charge in [0.1, 0.15) is 6.10 Å². The molecule has 1 heterocycles. The summed E-state index contributed by atoms with van der Waals surface area (Å²) >= 11 is 0. The summed E-state index contributed by atoms with van der Waals surface area (Å²) in [6.07, 6.45) is -3.07. The molecule has 10 heavy (non-hydrogen) atoms. The molecule has 4 nitrogen and oxygen atoms in total. The number of hydrogen-bond acceptors (Lipinski definition) is 4. The molecule has 0 spiro atoms. The van der Waals surface area contributed by atoms with Gasteiger partial charge in [-0.2, -0.15) is 0 Å². The fraction of sp³-hybridized carbons (Fsp3) is 1.00. The monoisotopic (exact) mass is 148 g/mol. The van der Waals surface area contributed by atoms with Crippen molar-refractivity contribution in [3.8, 4) is 0 Å². The van der Waals surface area contributed by atoms with Crippen molar-refractivity contribution in [2.75, 3.05) is 0 Å². The lowest BCUT2D eigenvalue weighted by Crippen LogP contribution is -2.47. The van der Waals surface area contributed by atoms with Crippen LogP contribution in [0.5, 0.6) is 0 Å². The summed E-state index contributed by atoms with van der Waals surface area (Å²) in [6.45, 7) is 1.73. The summed E-state index contributed by atoms with van der Waals surface area (Å²) < 4.78 is 4.81. The summed E-state index contributed by atoms with van der Waals surface area (Å²) in [5.74, 6) is 0. The number of rotatable bonds is 0. The molecular weight excluding hydrogens is 136 g/mol. The average molecular weight is 148 g/mol. The van der Waals surface area contributed by atoms with Gasteiger partial charge < -0.3 is 20.1 Å². The van der Waals surface area contributed by atoms with Crippen LogP contribution in [0.15, 0.2) is 0 Å². The molecular formula is C6H12O4. The molecule has 60 valence electrons. The Balaban J connectivity index is 2.49. The number of aliphatic hydroxyl groups is 3. The van der Waals surface area contributed by atoms with Gasteiger partial charge in [-0.3, -0.25) is 0 Å². The first-order valence-corrected chi connectivity index (χ1v) is 3.31. The molecule has 1 aliphatic heterocycles. The Bertz CT molecular complexity index is 104. The highest BCUT2D eigenvalue weighted by Gasteiger charge is 2.33. The normalized spacial score (nSPS) is 49.2. The summed E-state index contributed by atoms with van der Waals surface area (Å²) in [4.78, 5) is 0. The molecule has 0 aromatic rings. The van der Waals surface area contributed by atoms with Gasteiger partial charge in [0.15, 0.2) is 6.29 Å². The minimum atomic E-state index is -1.24. The first-order valence-electron chi connectivity index (χ1n) is 3.31. The molecule has 0 radical (unpaired) electrons. The molecule has 0 saturated carbocycles. The van der Waals surface area contributed by atoms with Crippen molar-refractivity contribution in [2.24, 2.45) is 0 Å². The smallest absolute Gasteiger partial charge is 0.183 e. The van der Waals surface area contributed by atoms with E-state index in [1.165, 1.54) is 0 Å². The summed E-state index contributed by atoms with van der Waals surface area (Å²) in [7, 11) is 0. The van der Waals surface area contributed by atoms with Crippen molar-refractivity contribution in [3.63, 3.8) is 0 Å². The van der Waals surface area contributed by atoms with E-state index in [1.54, 1.807) is 6.92 Å². The maximum atomic E-state index is 9.03. The van der Waals surface area contributed by atoms with Crippen molar-refractivity contribution in [1.29, 1.82) is 0 Å². The number of hydrogen-bond donors (Lipinski definition) is 3. The molecule has 0 unspecified atom stereocenters. The molecule has 1 saturated heterocycles. The molecule has 0 bridgehead atoms. The van der Waals surface area contributed by atoms with Gasteiger partial charge in [-0.05, 0) is 6.92 Å². The highest BCUT2D eigenvalue weighted by atomic mass is 16.6. The summed E-state index contributed by atoms with van der Waals surface area (Å²) in [5, 5.41) is 26.9. The Kier molecular flexibility index (Phi) is 2.25. The van der Waals surface area contributed by atoms with Crippen LogP contribution in [-0.4, -0.2) is 39.9 Å². The third-order valence-electron chi connectivity index (χ3n) is 1.63. The van der Waals surface area contributed by atoms with Crippen molar-refractivity contribution in [1.82, 2.24) is 0 Å². The van der Waals surface area contributed by atoms with Gasteiger partial charge in [-0.25, -0.2) is 0 Å². The predicted octanol–water partition coefficient (Wildman–Crippen LogP) is -1.16. The molecule has 3 N–H and O–H groups in total. The largest absolute Gasteiger partial charge is 0.390 e. The fourth-order valence-electron chi connectivity index (χ4n) is 1.04. The Hall–Kier alpha value is -0.160. The van der Waals surface area contributed by atoms with Crippen molar-refractivity contribution < 1.29 is 20.1 Å². The molecule has 4 atom stereocenters. The lowest BCUT2D eigenvalue weighted by atomic mass is 10.0. The summed E-state index contributed by atoms with van der Waals surface area (Å²) in [5.41, 5.74) is 0. The van der Waals surface area contributed by atoms with E-state index >= 15 is 0 Å². The van der Waals surface area contributed by atoms with Gasteiger partial charge in [0, 0.05) is 6.42 Å². The van der Waals surface area contributed by atoms with E-state index in [2.05, 4.69) is 0 Å². The van der Waals surface area contributed by atoms with Crippen LogP contribution in [0.1, 0.15) is 13.3 Å². The Morgan fingerprint density at radius 1 is 1.30 bits per heavy atom. The highest BCUT2D eigenvalue weighted by Crippen LogP contribution is 2.17. The molecule has 0 aliphatic carbocycles. The van der Waals surface area contributed by atoms with Gasteiger partial charge in [0.05, 0.1) is 12.2 Å². The minimum absolute atomic E-state index is 0.187. The van der Waals surface area contributed by atoms with Gasteiger partial charge in [0.25, 0.3) is 0 Å². The fourth-order valence-corrected chi connectivity index (χ4v) is 1.04. The van der Waals surface area contributed by atoms with E-state index < -0.39 is 18.5 Å². The first kappa shape index (κ1) is 7.94. The van der Waals surface area contributed by atoms with Crippen LogP contribution in [0.25, 0.3) is 0 Å². The van der Waals surface area contributed by atoms with Gasteiger partial charge in [0.2, 0.25) is 0 Å². The van der Waals surface area contributed by atoms with Gasteiger partial charge in [-0.15, -0.1) is 0 Å². The van der Waals surface area contributed by atoms with Crippen LogP contribution in [0.4, 0.5) is 0 Å². The van der Waals surface area contributed by atoms with Crippen molar-refractivity contribution in [2.45, 2.75) is 37.9 Å². The molecule has 0 amide bonds. The topological polar surface area (TPSA) is 69.9 Å². The zero-order valence-corrected chi connectivity index (χ0v) is 5.77. The van der Waals surface area contributed by atoms with Gasteiger partial charge >= 0.3 is 0 Å². The summed E-state index contributed by atoms with van der Waals surface area (Å²) in [6, 6.07) is 0. The van der Waals surface area contributed by atoms with Crippen LogP contribution in [0.2, 0.25) is 0 Å². The minimum Gasteiger partial charge on any atom is -0.390 e. The number of ether oxygens (including phenoxy) is 1. The standard InChI is InChI=1S/C6H12O4/c1-3-2-4(7)5(8)6(9)10-3/h3-9H,2H2,1H3/t3-,4-,5-,6-/m0/s1. The first-order chi connectivity index (χ1) is 4.61. The Morgan fingerprint density at radius 3 is 2.40 bits per heavy atom. The van der Waals surface area contributed by atoms with Crippen LogP contribution < -0.4 is 0 Å². The molecule has 1 aliphatic rings. The molecule has 1 fully saturated rings. The lowest BCUT2D eigenvalue weighted by molar-refractivity contribution is -0.242.